The number of aryl methyl sites for hydroxylation is 1. The van der Waals surface area contributed by atoms with E-state index in [1.165, 1.54) is 5.56 Å². The van der Waals surface area contributed by atoms with Crippen LogP contribution in [-0.2, 0) is 11.2 Å². The summed E-state index contributed by atoms with van der Waals surface area (Å²) in [5.41, 5.74) is 3.07. The molecule has 0 N–H and O–H groups in total. The van der Waals surface area contributed by atoms with E-state index in [1.807, 2.05) is 30.3 Å². The van der Waals surface area contributed by atoms with Gasteiger partial charge >= 0.3 is 0 Å². The van der Waals surface area contributed by atoms with Crippen molar-refractivity contribution in [3.05, 3.63) is 71.9 Å². The molecule has 0 amide bonds. The zero-order valence-electron chi connectivity index (χ0n) is 17.0. The third kappa shape index (κ3) is 4.24. The average molecular weight is 406 g/mol. The molecule has 148 valence electrons. The zero-order valence-corrected chi connectivity index (χ0v) is 17.8. The number of thioether (sulfide) groups is 1. The van der Waals surface area contributed by atoms with Gasteiger partial charge in [0.1, 0.15) is 0 Å². The van der Waals surface area contributed by atoms with Gasteiger partial charge in [-0.3, -0.25) is 4.57 Å². The minimum absolute atomic E-state index is 0.168. The van der Waals surface area contributed by atoms with Crippen LogP contribution in [-0.4, -0.2) is 24.9 Å². The summed E-state index contributed by atoms with van der Waals surface area (Å²) < 4.78 is 7.48. The molecule has 0 fully saturated rings. The molecule has 0 aliphatic carbocycles. The molecule has 4 rings (SSSR count). The number of aromatic nitrogens is 5. The number of hydrogen-bond acceptors (Lipinski definition) is 6. The van der Waals surface area contributed by atoms with Gasteiger partial charge in [-0.15, -0.1) is 10.2 Å². The van der Waals surface area contributed by atoms with Gasteiger partial charge in [0.2, 0.25) is 5.89 Å². The van der Waals surface area contributed by atoms with E-state index in [1.54, 1.807) is 11.8 Å². The Morgan fingerprint density at radius 2 is 1.69 bits per heavy atom. The summed E-state index contributed by atoms with van der Waals surface area (Å²) in [6.45, 7) is 8.24. The van der Waals surface area contributed by atoms with Crippen LogP contribution in [0.25, 0.3) is 17.1 Å². The maximum Gasteiger partial charge on any atom is 0.232 e. The number of hydrogen-bond donors (Lipinski definition) is 0. The molecule has 0 aliphatic rings. The normalized spacial score (nSPS) is 11.7. The Bertz CT molecular complexity index is 1090. The highest BCUT2D eigenvalue weighted by molar-refractivity contribution is 7.98. The molecular weight excluding hydrogens is 382 g/mol. The van der Waals surface area contributed by atoms with E-state index in [4.69, 9.17) is 4.52 Å². The molecule has 2 aromatic heterocycles. The molecule has 7 heteroatoms. The highest BCUT2D eigenvalue weighted by atomic mass is 32.2. The molecule has 6 nitrogen and oxygen atoms in total. The van der Waals surface area contributed by atoms with Crippen LogP contribution in [0.5, 0.6) is 0 Å². The van der Waals surface area contributed by atoms with Crippen LogP contribution in [0.3, 0.4) is 0 Å². The third-order valence-corrected chi connectivity index (χ3v) is 5.32. The van der Waals surface area contributed by atoms with Crippen molar-refractivity contribution in [1.82, 2.24) is 24.9 Å². The van der Waals surface area contributed by atoms with Crippen LogP contribution in [0.15, 0.2) is 64.3 Å². The summed E-state index contributed by atoms with van der Waals surface area (Å²) in [6.07, 6.45) is 0. The fourth-order valence-corrected chi connectivity index (χ4v) is 3.61. The molecule has 0 unspecified atom stereocenters. The van der Waals surface area contributed by atoms with E-state index in [0.29, 0.717) is 17.5 Å². The van der Waals surface area contributed by atoms with Crippen LogP contribution in [0.1, 0.15) is 38.0 Å². The van der Waals surface area contributed by atoms with Gasteiger partial charge in [-0.2, -0.15) is 4.98 Å². The monoisotopic (exact) mass is 405 g/mol. The van der Waals surface area contributed by atoms with Crippen LogP contribution in [0.4, 0.5) is 0 Å². The van der Waals surface area contributed by atoms with E-state index in [2.05, 4.69) is 76.9 Å². The van der Waals surface area contributed by atoms with Crippen molar-refractivity contribution in [2.75, 3.05) is 0 Å². The molecule has 0 spiro atoms. The van der Waals surface area contributed by atoms with E-state index in [9.17, 15) is 0 Å². The Balaban J connectivity index is 1.67. The number of rotatable bonds is 5. The lowest BCUT2D eigenvalue weighted by Crippen LogP contribution is -2.11. The Hall–Kier alpha value is -2.93. The first-order valence-electron chi connectivity index (χ1n) is 9.45. The molecule has 0 saturated carbocycles. The van der Waals surface area contributed by atoms with Crippen molar-refractivity contribution in [1.29, 1.82) is 0 Å². The Morgan fingerprint density at radius 1 is 0.966 bits per heavy atom. The summed E-state index contributed by atoms with van der Waals surface area (Å²) in [7, 11) is 0. The second-order valence-corrected chi connectivity index (χ2v) is 8.84. The predicted molar refractivity (Wildman–Crippen MR) is 114 cm³/mol. The standard InChI is InChI=1S/C22H23N5OS/c1-15-10-12-17(13-11-15)27-19(16-8-6-5-7-9-16)24-25-21(27)29-14-18-23-20(28-26-18)22(2,3)4/h5-13H,14H2,1-4H3. The second-order valence-electron chi connectivity index (χ2n) is 7.90. The highest BCUT2D eigenvalue weighted by Crippen LogP contribution is 2.30. The fourth-order valence-electron chi connectivity index (χ4n) is 2.81. The van der Waals surface area contributed by atoms with Crippen molar-refractivity contribution in [2.45, 2.75) is 44.0 Å². The molecule has 4 aromatic rings. The maximum absolute atomic E-state index is 5.40. The summed E-state index contributed by atoms with van der Waals surface area (Å²) in [5.74, 6) is 2.65. The van der Waals surface area contributed by atoms with E-state index in [-0.39, 0.29) is 5.41 Å². The van der Waals surface area contributed by atoms with Crippen molar-refractivity contribution < 1.29 is 4.52 Å². The topological polar surface area (TPSA) is 69.6 Å². The summed E-state index contributed by atoms with van der Waals surface area (Å²) in [5, 5.41) is 13.8. The Kier molecular flexibility index (Phi) is 5.24. The average Bonchev–Trinajstić information content (AvgIpc) is 3.35. The van der Waals surface area contributed by atoms with Crippen molar-refractivity contribution >= 4 is 11.8 Å². The predicted octanol–water partition coefficient (Wildman–Crippen LogP) is 5.22. The van der Waals surface area contributed by atoms with Gasteiger partial charge in [0.05, 0.1) is 5.75 Å². The van der Waals surface area contributed by atoms with E-state index < -0.39 is 0 Å². The van der Waals surface area contributed by atoms with Crippen LogP contribution >= 0.6 is 11.8 Å². The van der Waals surface area contributed by atoms with Crippen LogP contribution in [0.2, 0.25) is 0 Å². The smallest absolute Gasteiger partial charge is 0.232 e. The molecule has 0 bridgehead atoms. The molecule has 0 radical (unpaired) electrons. The first-order chi connectivity index (χ1) is 13.9. The van der Waals surface area contributed by atoms with Gasteiger partial charge in [-0.05, 0) is 19.1 Å². The molecular formula is C22H23N5OS. The third-order valence-electron chi connectivity index (χ3n) is 4.40. The van der Waals surface area contributed by atoms with Gasteiger partial charge in [-0.25, -0.2) is 0 Å². The van der Waals surface area contributed by atoms with Gasteiger partial charge < -0.3 is 4.52 Å². The van der Waals surface area contributed by atoms with Gasteiger partial charge in [0.15, 0.2) is 16.8 Å². The fraction of sp³-hybridized carbons (Fsp3) is 0.273. The lowest BCUT2D eigenvalue weighted by Gasteiger charge is -2.11. The minimum Gasteiger partial charge on any atom is -0.339 e. The van der Waals surface area contributed by atoms with Gasteiger partial charge in [0, 0.05) is 16.7 Å². The molecule has 0 aliphatic heterocycles. The molecule has 2 heterocycles. The van der Waals surface area contributed by atoms with E-state index in [0.717, 1.165) is 22.2 Å². The summed E-state index contributed by atoms with van der Waals surface area (Å²) in [4.78, 5) is 4.52. The largest absolute Gasteiger partial charge is 0.339 e. The lowest BCUT2D eigenvalue weighted by atomic mass is 9.97. The molecule has 29 heavy (non-hydrogen) atoms. The van der Waals surface area contributed by atoms with Crippen LogP contribution < -0.4 is 0 Å². The second kappa shape index (κ2) is 7.83. The summed E-state index contributed by atoms with van der Waals surface area (Å²) in [6, 6.07) is 18.4. The van der Waals surface area contributed by atoms with E-state index >= 15 is 0 Å². The number of benzene rings is 2. The van der Waals surface area contributed by atoms with Gasteiger partial charge in [-0.1, -0.05) is 85.7 Å². The maximum atomic E-state index is 5.40. The number of nitrogens with zero attached hydrogens (tertiary/aromatic N) is 5. The van der Waals surface area contributed by atoms with Crippen molar-refractivity contribution in [3.8, 4) is 17.1 Å². The summed E-state index contributed by atoms with van der Waals surface area (Å²) >= 11 is 1.54. The first-order valence-corrected chi connectivity index (χ1v) is 10.4. The zero-order chi connectivity index (χ0) is 20.4. The molecule has 0 atom stereocenters. The highest BCUT2D eigenvalue weighted by Gasteiger charge is 2.22. The lowest BCUT2D eigenvalue weighted by molar-refractivity contribution is 0.319. The Labute approximate surface area is 174 Å². The quantitative estimate of drug-likeness (QED) is 0.424. The molecule has 2 aromatic carbocycles. The van der Waals surface area contributed by atoms with Crippen molar-refractivity contribution in [3.63, 3.8) is 0 Å². The van der Waals surface area contributed by atoms with Gasteiger partial charge in [0.25, 0.3) is 0 Å². The first kappa shape index (κ1) is 19.4. The van der Waals surface area contributed by atoms with Crippen LogP contribution in [0, 0.1) is 6.92 Å². The molecule has 0 saturated heterocycles. The SMILES string of the molecule is Cc1ccc(-n2c(SCc3noc(C(C)(C)C)n3)nnc2-c2ccccc2)cc1. The Morgan fingerprint density at radius 3 is 2.34 bits per heavy atom. The van der Waals surface area contributed by atoms with Crippen molar-refractivity contribution in [2.24, 2.45) is 0 Å². The minimum atomic E-state index is -0.168.